The summed E-state index contributed by atoms with van der Waals surface area (Å²) in [6, 6.07) is 5.64. The molecule has 0 aliphatic carbocycles. The van der Waals surface area contributed by atoms with Crippen LogP contribution in [0.15, 0.2) is 29.4 Å². The van der Waals surface area contributed by atoms with Gasteiger partial charge in [0.25, 0.3) is 0 Å². The van der Waals surface area contributed by atoms with E-state index in [1.54, 1.807) is 18.2 Å². The lowest BCUT2D eigenvalue weighted by Crippen LogP contribution is -2.43. The number of benzene rings is 1. The molecule has 1 aromatic carbocycles. The Labute approximate surface area is 142 Å². The van der Waals surface area contributed by atoms with Crippen molar-refractivity contribution in [2.24, 2.45) is 0 Å². The normalized spacial score (nSPS) is 11.8. The molecule has 0 aliphatic heterocycles. The first-order valence-electron chi connectivity index (χ1n) is 7.40. The molecule has 24 heavy (non-hydrogen) atoms. The Bertz CT molecular complexity index is 721. The Morgan fingerprint density at radius 1 is 1.38 bits per heavy atom. The summed E-state index contributed by atoms with van der Waals surface area (Å²) in [5, 5.41) is 11.7. The van der Waals surface area contributed by atoms with Gasteiger partial charge in [0.1, 0.15) is 5.82 Å². The molecule has 0 saturated carbocycles. The average molecular weight is 351 g/mol. The van der Waals surface area contributed by atoms with Gasteiger partial charge in [-0.15, -0.1) is 5.10 Å². The zero-order chi connectivity index (χ0) is 17.5. The first-order chi connectivity index (χ1) is 11.5. The van der Waals surface area contributed by atoms with Crippen LogP contribution in [0.1, 0.15) is 20.3 Å². The van der Waals surface area contributed by atoms with Crippen LogP contribution in [0.3, 0.4) is 0 Å². The van der Waals surface area contributed by atoms with Gasteiger partial charge in [0, 0.05) is 6.04 Å². The molecule has 3 amide bonds. The van der Waals surface area contributed by atoms with Crippen molar-refractivity contribution < 1.29 is 14.0 Å². The van der Waals surface area contributed by atoms with Gasteiger partial charge in [-0.05, 0) is 25.5 Å². The van der Waals surface area contributed by atoms with E-state index in [1.807, 2.05) is 13.8 Å². The minimum atomic E-state index is -0.531. The smallest absolute Gasteiger partial charge is 0.321 e. The topological polar surface area (TPSA) is 99.8 Å². The number of nitrogens with zero attached hydrogens (tertiary/aromatic N) is 2. The van der Waals surface area contributed by atoms with Gasteiger partial charge in [-0.1, -0.05) is 30.8 Å². The van der Waals surface area contributed by atoms with Crippen molar-refractivity contribution in [2.75, 3.05) is 5.75 Å². The number of amides is 3. The maximum Gasteiger partial charge on any atom is 0.321 e. The number of carbonyl (C=O) groups is 2. The number of hydrogen-bond acceptors (Lipinski definition) is 5. The molecule has 0 fully saturated rings. The van der Waals surface area contributed by atoms with E-state index < -0.39 is 17.8 Å². The zero-order valence-electron chi connectivity index (χ0n) is 13.3. The first kappa shape index (κ1) is 17.9. The molecule has 128 valence electrons. The number of halogens is 1. The van der Waals surface area contributed by atoms with Crippen molar-refractivity contribution in [2.45, 2.75) is 31.5 Å². The minimum absolute atomic E-state index is 0.0122. The van der Waals surface area contributed by atoms with Gasteiger partial charge in [-0.2, -0.15) is 0 Å². The van der Waals surface area contributed by atoms with Gasteiger partial charge in [0.05, 0.1) is 11.3 Å². The van der Waals surface area contributed by atoms with Crippen molar-refractivity contribution in [3.8, 4) is 11.4 Å². The second-order valence-electron chi connectivity index (χ2n) is 5.07. The van der Waals surface area contributed by atoms with Crippen LogP contribution >= 0.6 is 11.8 Å². The molecule has 3 N–H and O–H groups in total. The Hall–Kier alpha value is -2.42. The molecule has 1 atom stereocenters. The van der Waals surface area contributed by atoms with Crippen LogP contribution < -0.4 is 10.6 Å². The van der Waals surface area contributed by atoms with Gasteiger partial charge in [-0.25, -0.2) is 14.2 Å². The van der Waals surface area contributed by atoms with Crippen molar-refractivity contribution >= 4 is 23.7 Å². The van der Waals surface area contributed by atoms with Crippen LogP contribution in [0, 0.1) is 5.82 Å². The summed E-state index contributed by atoms with van der Waals surface area (Å²) in [5.41, 5.74) is 0.300. The molecular formula is C15H18FN5O2S. The number of hydrogen-bond donors (Lipinski definition) is 3. The minimum Gasteiger partial charge on any atom is -0.335 e. The second-order valence-corrected chi connectivity index (χ2v) is 6.01. The largest absolute Gasteiger partial charge is 0.335 e. The number of nitrogens with one attached hydrogen (secondary N) is 3. The monoisotopic (exact) mass is 351 g/mol. The third-order valence-corrected chi connectivity index (χ3v) is 4.02. The maximum atomic E-state index is 13.7. The lowest BCUT2D eigenvalue weighted by atomic mass is 10.2. The molecule has 7 nitrogen and oxygen atoms in total. The molecule has 0 radical (unpaired) electrons. The van der Waals surface area contributed by atoms with Crippen LogP contribution in [0.5, 0.6) is 0 Å². The van der Waals surface area contributed by atoms with E-state index in [2.05, 4.69) is 25.8 Å². The lowest BCUT2D eigenvalue weighted by molar-refractivity contribution is -0.117. The molecule has 2 aromatic rings. The summed E-state index contributed by atoms with van der Waals surface area (Å²) >= 11 is 1.05. The highest BCUT2D eigenvalue weighted by atomic mass is 32.2. The average Bonchev–Trinajstić information content (AvgIpc) is 3.01. The van der Waals surface area contributed by atoms with E-state index in [4.69, 9.17) is 0 Å². The van der Waals surface area contributed by atoms with Crippen LogP contribution in [-0.4, -0.2) is 38.9 Å². The van der Waals surface area contributed by atoms with Crippen molar-refractivity contribution in [1.82, 2.24) is 25.8 Å². The molecule has 9 heteroatoms. The summed E-state index contributed by atoms with van der Waals surface area (Å²) in [7, 11) is 0. The van der Waals surface area contributed by atoms with E-state index in [0.717, 1.165) is 18.2 Å². The van der Waals surface area contributed by atoms with Gasteiger partial charge in [-0.3, -0.25) is 15.2 Å². The van der Waals surface area contributed by atoms with E-state index in [-0.39, 0.29) is 17.6 Å². The van der Waals surface area contributed by atoms with Crippen LogP contribution in [0.25, 0.3) is 11.4 Å². The van der Waals surface area contributed by atoms with Crippen molar-refractivity contribution in [3.05, 3.63) is 30.1 Å². The number of H-pyrrole nitrogens is 1. The fraction of sp³-hybridized carbons (Fsp3) is 0.333. The van der Waals surface area contributed by atoms with Crippen LogP contribution in [-0.2, 0) is 4.79 Å². The predicted molar refractivity (Wildman–Crippen MR) is 88.9 cm³/mol. The molecule has 0 saturated heterocycles. The predicted octanol–water partition coefficient (Wildman–Crippen LogP) is 2.33. The molecule has 1 heterocycles. The third kappa shape index (κ3) is 5.05. The summed E-state index contributed by atoms with van der Waals surface area (Å²) < 4.78 is 13.7. The number of thioether (sulfide) groups is 1. The van der Waals surface area contributed by atoms with Gasteiger partial charge in [0.15, 0.2) is 5.82 Å². The zero-order valence-corrected chi connectivity index (χ0v) is 14.1. The fourth-order valence-electron chi connectivity index (χ4n) is 1.74. The highest BCUT2D eigenvalue weighted by Crippen LogP contribution is 2.21. The lowest BCUT2D eigenvalue weighted by Gasteiger charge is -2.11. The Morgan fingerprint density at radius 3 is 2.83 bits per heavy atom. The number of imide groups is 1. The molecule has 0 spiro atoms. The molecule has 0 unspecified atom stereocenters. The van der Waals surface area contributed by atoms with Crippen LogP contribution in [0.4, 0.5) is 9.18 Å². The van der Waals surface area contributed by atoms with Crippen molar-refractivity contribution in [3.63, 3.8) is 0 Å². The second kappa shape index (κ2) is 8.44. The standard InChI is InChI=1S/C15H18FN5O2S/c1-3-9(2)17-14(23)18-12(22)8-24-15-19-13(20-21-15)10-6-4-5-7-11(10)16/h4-7,9H,3,8H2,1-2H3,(H,19,20,21)(H2,17,18,22,23)/t9-/m1/s1. The number of carbonyl (C=O) groups excluding carboxylic acids is 2. The Kier molecular flexibility index (Phi) is 6.30. The molecule has 1 aromatic heterocycles. The number of aromatic nitrogens is 3. The van der Waals surface area contributed by atoms with Crippen LogP contribution in [0.2, 0.25) is 0 Å². The summed E-state index contributed by atoms with van der Waals surface area (Å²) in [6.45, 7) is 3.77. The van der Waals surface area contributed by atoms with E-state index in [1.165, 1.54) is 6.07 Å². The SMILES string of the molecule is CC[C@@H](C)NC(=O)NC(=O)CSc1n[nH]c(-c2ccccc2F)n1. The molecule has 2 rings (SSSR count). The Morgan fingerprint density at radius 2 is 2.12 bits per heavy atom. The van der Waals surface area contributed by atoms with E-state index in [9.17, 15) is 14.0 Å². The van der Waals surface area contributed by atoms with Gasteiger partial charge >= 0.3 is 6.03 Å². The number of urea groups is 1. The van der Waals surface area contributed by atoms with Crippen molar-refractivity contribution in [1.29, 1.82) is 0 Å². The molecule has 0 aliphatic rings. The third-order valence-electron chi connectivity index (χ3n) is 3.17. The van der Waals surface area contributed by atoms with Gasteiger partial charge < -0.3 is 5.32 Å². The quantitative estimate of drug-likeness (QED) is 0.694. The summed E-state index contributed by atoms with van der Waals surface area (Å²) in [6.07, 6.45) is 0.770. The molecule has 0 bridgehead atoms. The highest BCUT2D eigenvalue weighted by molar-refractivity contribution is 7.99. The fourth-order valence-corrected chi connectivity index (χ4v) is 2.34. The van der Waals surface area contributed by atoms with Gasteiger partial charge in [0.2, 0.25) is 11.1 Å². The summed E-state index contributed by atoms with van der Waals surface area (Å²) in [4.78, 5) is 27.4. The number of rotatable bonds is 6. The molecular weight excluding hydrogens is 333 g/mol. The van der Waals surface area contributed by atoms with E-state index >= 15 is 0 Å². The highest BCUT2D eigenvalue weighted by Gasteiger charge is 2.13. The maximum absolute atomic E-state index is 13.7. The summed E-state index contributed by atoms with van der Waals surface area (Å²) in [5.74, 6) is -0.615. The Balaban J connectivity index is 1.86. The van der Waals surface area contributed by atoms with E-state index in [0.29, 0.717) is 10.7 Å². The first-order valence-corrected chi connectivity index (χ1v) is 8.38. The number of aromatic amines is 1.